The van der Waals surface area contributed by atoms with Crippen molar-refractivity contribution in [3.8, 4) is 0 Å². The van der Waals surface area contributed by atoms with Crippen molar-refractivity contribution in [3.63, 3.8) is 0 Å². The normalized spacial score (nSPS) is 19.1. The van der Waals surface area contributed by atoms with Gasteiger partial charge in [-0.1, -0.05) is 78.9 Å². The number of nitrogens with zero attached hydrogens (tertiary/aromatic N) is 1. The molecule has 45 heavy (non-hydrogen) atoms. The molecule has 1 heterocycles. The lowest BCUT2D eigenvalue weighted by Gasteiger charge is -2.28. The van der Waals surface area contributed by atoms with Crippen molar-refractivity contribution in [2.45, 2.75) is 50.1 Å². The summed E-state index contributed by atoms with van der Waals surface area (Å²) >= 11 is 0. The minimum absolute atomic E-state index is 0.0502. The van der Waals surface area contributed by atoms with Crippen molar-refractivity contribution >= 4 is 37.1 Å². The van der Waals surface area contributed by atoms with Gasteiger partial charge in [0.05, 0.1) is 0 Å². The lowest BCUT2D eigenvalue weighted by Crippen LogP contribution is -2.51. The molecular formula is C33H36FN4O6P. The summed E-state index contributed by atoms with van der Waals surface area (Å²) in [5.74, 6) is -4.90. The molecule has 5 N–H and O–H groups in total. The van der Waals surface area contributed by atoms with Gasteiger partial charge < -0.3 is 26.2 Å². The first kappa shape index (κ1) is 33.3. The zero-order valence-corrected chi connectivity index (χ0v) is 25.6. The van der Waals surface area contributed by atoms with Crippen LogP contribution in [0.25, 0.3) is 6.08 Å². The number of nitrogens with two attached hydrogens (primary N) is 1. The van der Waals surface area contributed by atoms with Crippen molar-refractivity contribution in [1.82, 2.24) is 15.5 Å². The van der Waals surface area contributed by atoms with Crippen LogP contribution in [-0.4, -0.2) is 63.5 Å². The number of halogens is 1. The molecule has 1 saturated heterocycles. The number of hydrogen-bond acceptors (Lipinski definition) is 5. The quantitative estimate of drug-likeness (QED) is 0.211. The lowest BCUT2D eigenvalue weighted by molar-refractivity contribution is -0.139. The van der Waals surface area contributed by atoms with Crippen LogP contribution >= 0.6 is 7.37 Å². The van der Waals surface area contributed by atoms with Crippen molar-refractivity contribution in [2.75, 3.05) is 6.16 Å². The summed E-state index contributed by atoms with van der Waals surface area (Å²) in [6.45, 7) is 1.73. The highest BCUT2D eigenvalue weighted by Gasteiger charge is 2.44. The molecule has 12 heteroatoms. The van der Waals surface area contributed by atoms with E-state index in [9.17, 15) is 33.0 Å². The van der Waals surface area contributed by atoms with Gasteiger partial charge in [0.25, 0.3) is 5.91 Å². The number of primary amides is 1. The Morgan fingerprint density at radius 3 is 2.38 bits per heavy atom. The van der Waals surface area contributed by atoms with Crippen LogP contribution in [0.5, 0.6) is 0 Å². The molecule has 0 spiro atoms. The van der Waals surface area contributed by atoms with E-state index < -0.39 is 66.9 Å². The molecule has 4 rings (SSSR count). The first-order chi connectivity index (χ1) is 21.4. The molecule has 5 atom stereocenters. The second-order valence-corrected chi connectivity index (χ2v) is 13.5. The number of amides is 4. The number of carbonyl (C=O) groups excluding carboxylic acids is 4. The maximum absolute atomic E-state index is 13.7. The van der Waals surface area contributed by atoms with Gasteiger partial charge in [0.15, 0.2) is 0 Å². The van der Waals surface area contributed by atoms with Crippen LogP contribution in [0, 0.1) is 5.82 Å². The topological polar surface area (TPSA) is 159 Å². The van der Waals surface area contributed by atoms with Gasteiger partial charge in [-0.2, -0.15) is 0 Å². The number of hydrogen-bond donors (Lipinski definition) is 4. The van der Waals surface area contributed by atoms with E-state index in [1.165, 1.54) is 23.1 Å². The zero-order chi connectivity index (χ0) is 32.6. The molecule has 0 bridgehead atoms. The van der Waals surface area contributed by atoms with Crippen molar-refractivity contribution in [1.29, 1.82) is 0 Å². The van der Waals surface area contributed by atoms with Gasteiger partial charge in [-0.25, -0.2) is 4.39 Å². The van der Waals surface area contributed by atoms with Crippen LogP contribution in [0.1, 0.15) is 41.3 Å². The first-order valence-electron chi connectivity index (χ1n) is 14.5. The summed E-state index contributed by atoms with van der Waals surface area (Å²) < 4.78 is 27.3. The highest BCUT2D eigenvalue weighted by Crippen LogP contribution is 2.46. The molecule has 1 fully saturated rings. The van der Waals surface area contributed by atoms with Crippen LogP contribution in [0.15, 0.2) is 91.0 Å². The van der Waals surface area contributed by atoms with Crippen LogP contribution < -0.4 is 16.4 Å². The fourth-order valence-electron chi connectivity index (χ4n) is 5.35. The summed E-state index contributed by atoms with van der Waals surface area (Å²) in [7, 11) is -4.44. The number of likely N-dealkylation sites (tertiary alicyclic amines) is 1. The molecule has 3 unspecified atom stereocenters. The lowest BCUT2D eigenvalue weighted by atomic mass is 10.1. The molecule has 0 saturated carbocycles. The molecule has 0 aromatic heterocycles. The van der Waals surface area contributed by atoms with Crippen molar-refractivity contribution in [3.05, 3.63) is 114 Å². The highest BCUT2D eigenvalue weighted by molar-refractivity contribution is 7.59. The predicted molar refractivity (Wildman–Crippen MR) is 168 cm³/mol. The summed E-state index contributed by atoms with van der Waals surface area (Å²) in [6, 6.07) is 20.5. The average molecular weight is 635 g/mol. The van der Waals surface area contributed by atoms with E-state index in [2.05, 4.69) is 10.6 Å². The highest BCUT2D eigenvalue weighted by atomic mass is 31.2. The van der Waals surface area contributed by atoms with E-state index in [-0.39, 0.29) is 24.8 Å². The maximum atomic E-state index is 13.7. The van der Waals surface area contributed by atoms with Crippen LogP contribution in [0.2, 0.25) is 0 Å². The van der Waals surface area contributed by atoms with Gasteiger partial charge >= 0.3 is 0 Å². The van der Waals surface area contributed by atoms with E-state index in [4.69, 9.17) is 5.73 Å². The average Bonchev–Trinajstić information content (AvgIpc) is 3.27. The Balaban J connectivity index is 1.44. The smallest absolute Gasteiger partial charge is 0.252 e. The predicted octanol–water partition coefficient (Wildman–Crippen LogP) is 3.46. The third kappa shape index (κ3) is 8.97. The molecule has 3 aromatic rings. The number of carbonyl (C=O) groups is 4. The summed E-state index contributed by atoms with van der Waals surface area (Å²) in [6.07, 6.45) is 2.94. The Labute approximate surface area is 261 Å². The molecule has 236 valence electrons. The second kappa shape index (κ2) is 14.9. The molecule has 10 nitrogen and oxygen atoms in total. The summed E-state index contributed by atoms with van der Waals surface area (Å²) in [5, 5.41) is 5.04. The van der Waals surface area contributed by atoms with Gasteiger partial charge in [-0.15, -0.1) is 0 Å². The fraction of sp³-hybridized carbons (Fsp3) is 0.273. The van der Waals surface area contributed by atoms with E-state index in [0.29, 0.717) is 5.56 Å². The van der Waals surface area contributed by atoms with Gasteiger partial charge in [-0.3, -0.25) is 23.7 Å². The van der Waals surface area contributed by atoms with Crippen LogP contribution in [-0.2, 0) is 25.4 Å². The number of nitrogens with one attached hydrogen (secondary N) is 2. The number of rotatable bonds is 13. The molecular weight excluding hydrogens is 598 g/mol. The SMILES string of the molecule is CC1C[C@H](NC(=O)CP(=O)(O)C(Cc2ccccc2)NC(=O)c2cccc(F)c2)C(=O)N1[C@@H](C/C=C/c1ccccc1)C(N)=O. The van der Waals surface area contributed by atoms with Gasteiger partial charge in [0, 0.05) is 18.0 Å². The Morgan fingerprint density at radius 2 is 1.73 bits per heavy atom. The Hall–Kier alpha value is -4.60. The first-order valence-corrected chi connectivity index (χ1v) is 16.4. The molecule has 3 aromatic carbocycles. The van der Waals surface area contributed by atoms with E-state index in [1.807, 2.05) is 36.4 Å². The Bertz CT molecular complexity index is 1600. The van der Waals surface area contributed by atoms with Crippen molar-refractivity contribution in [2.24, 2.45) is 5.73 Å². The molecule has 1 aliphatic rings. The standard InChI is InChI=1S/C33H36FN4O6P/c1-22-18-27(33(42)38(22)28(31(35)40)17-8-14-23-10-4-2-5-11-23)36-29(39)21-45(43,44)30(19-24-12-6-3-7-13-24)37-32(41)25-15-9-16-26(34)20-25/h2-16,20,22,27-28,30H,17-19,21H2,1H3,(H2,35,40)(H,36,39)(H,37,41)(H,43,44)/b14-8+/t22?,27-,28-,30?/m0/s1. The molecule has 1 aliphatic heterocycles. The van der Waals surface area contributed by atoms with Gasteiger partial charge in [0.1, 0.15) is 29.8 Å². The van der Waals surface area contributed by atoms with Gasteiger partial charge in [-0.05, 0) is 49.1 Å². The fourth-order valence-corrected chi connectivity index (χ4v) is 6.89. The number of benzene rings is 3. The van der Waals surface area contributed by atoms with Crippen LogP contribution in [0.3, 0.4) is 0 Å². The van der Waals surface area contributed by atoms with E-state index >= 15 is 0 Å². The monoisotopic (exact) mass is 634 g/mol. The molecule has 0 aliphatic carbocycles. The zero-order valence-electron chi connectivity index (χ0n) is 24.7. The van der Waals surface area contributed by atoms with Gasteiger partial charge in [0.2, 0.25) is 25.1 Å². The minimum atomic E-state index is -4.44. The Kier molecular flexibility index (Phi) is 11.0. The molecule has 4 amide bonds. The second-order valence-electron chi connectivity index (χ2n) is 11.0. The van der Waals surface area contributed by atoms with Crippen LogP contribution in [0.4, 0.5) is 4.39 Å². The largest absolute Gasteiger partial charge is 0.368 e. The summed E-state index contributed by atoms with van der Waals surface area (Å²) in [5.41, 5.74) is 7.15. The summed E-state index contributed by atoms with van der Waals surface area (Å²) in [4.78, 5) is 64.1. The minimum Gasteiger partial charge on any atom is -0.368 e. The third-order valence-electron chi connectivity index (χ3n) is 7.59. The van der Waals surface area contributed by atoms with E-state index in [0.717, 1.165) is 11.6 Å². The van der Waals surface area contributed by atoms with Crippen molar-refractivity contribution < 1.29 is 33.0 Å². The third-order valence-corrected chi connectivity index (χ3v) is 9.61. The van der Waals surface area contributed by atoms with E-state index in [1.54, 1.807) is 43.3 Å². The maximum Gasteiger partial charge on any atom is 0.252 e. The Morgan fingerprint density at radius 1 is 1.07 bits per heavy atom. The molecule has 0 radical (unpaired) electrons.